The summed E-state index contributed by atoms with van der Waals surface area (Å²) in [7, 11) is 1.70. The number of anilines is 1. The van der Waals surface area contributed by atoms with Crippen LogP contribution in [0.4, 0.5) is 5.69 Å². The van der Waals surface area contributed by atoms with Crippen molar-refractivity contribution in [2.24, 2.45) is 11.7 Å². The van der Waals surface area contributed by atoms with Gasteiger partial charge < -0.3 is 20.5 Å². The smallest absolute Gasteiger partial charge is 0.244 e. The molecule has 1 aliphatic carbocycles. The number of benzene rings is 2. The maximum atomic E-state index is 12.3. The van der Waals surface area contributed by atoms with Crippen LogP contribution in [0.15, 0.2) is 48.5 Å². The molecule has 5 nitrogen and oxygen atoms in total. The van der Waals surface area contributed by atoms with Crippen molar-refractivity contribution >= 4 is 24.0 Å². The SMILES string of the molecule is COCCc1ccc(Oc2ccc(NC(=O)C(C)(N)C3CC3)cc2)cc1.Cl. The first kappa shape index (κ1) is 21.2. The van der Waals surface area contributed by atoms with E-state index < -0.39 is 5.54 Å². The molecule has 2 aromatic carbocycles. The van der Waals surface area contributed by atoms with Crippen molar-refractivity contribution in [3.63, 3.8) is 0 Å². The summed E-state index contributed by atoms with van der Waals surface area (Å²) >= 11 is 0. The second-order valence-corrected chi connectivity index (χ2v) is 7.02. The summed E-state index contributed by atoms with van der Waals surface area (Å²) in [5.74, 6) is 1.63. The molecule has 1 unspecified atom stereocenters. The minimum absolute atomic E-state index is 0. The number of hydrogen-bond donors (Lipinski definition) is 2. The van der Waals surface area contributed by atoms with Gasteiger partial charge in [0.2, 0.25) is 5.91 Å². The fourth-order valence-electron chi connectivity index (χ4n) is 2.82. The van der Waals surface area contributed by atoms with Crippen LogP contribution in [-0.2, 0) is 16.0 Å². The standard InChI is InChI=1S/C21H26N2O3.ClH/c1-21(22,16-5-6-16)20(24)23-17-7-11-19(12-8-17)26-18-9-3-15(4-10-18)13-14-25-2;/h3-4,7-12,16H,5-6,13-14,22H2,1-2H3,(H,23,24);1H. The molecule has 1 atom stereocenters. The molecular formula is C21H27ClN2O3. The molecule has 2 aromatic rings. The lowest BCUT2D eigenvalue weighted by molar-refractivity contribution is -0.121. The number of carbonyl (C=O) groups excluding carboxylic acids is 1. The molecule has 0 heterocycles. The van der Waals surface area contributed by atoms with Crippen molar-refractivity contribution in [3.05, 3.63) is 54.1 Å². The lowest BCUT2D eigenvalue weighted by Crippen LogP contribution is -2.50. The van der Waals surface area contributed by atoms with Crippen LogP contribution in [0, 0.1) is 5.92 Å². The molecule has 146 valence electrons. The van der Waals surface area contributed by atoms with Gasteiger partial charge in [0.05, 0.1) is 12.1 Å². The number of rotatable bonds is 8. The summed E-state index contributed by atoms with van der Waals surface area (Å²) in [6.45, 7) is 2.50. The van der Waals surface area contributed by atoms with Gasteiger partial charge in [-0.3, -0.25) is 4.79 Å². The number of amides is 1. The van der Waals surface area contributed by atoms with Crippen LogP contribution >= 0.6 is 12.4 Å². The summed E-state index contributed by atoms with van der Waals surface area (Å²) in [5, 5.41) is 2.89. The fourth-order valence-corrected chi connectivity index (χ4v) is 2.82. The number of nitrogens with two attached hydrogens (primary N) is 1. The lowest BCUT2D eigenvalue weighted by atomic mass is 9.96. The Morgan fingerprint density at radius 2 is 1.67 bits per heavy atom. The average Bonchev–Trinajstić information content (AvgIpc) is 3.48. The van der Waals surface area contributed by atoms with Crippen LogP contribution in [0.1, 0.15) is 25.3 Å². The number of hydrogen-bond acceptors (Lipinski definition) is 4. The van der Waals surface area contributed by atoms with Crippen LogP contribution in [0.2, 0.25) is 0 Å². The summed E-state index contributed by atoms with van der Waals surface area (Å²) in [6, 6.07) is 15.3. The van der Waals surface area contributed by atoms with E-state index in [0.717, 1.165) is 30.7 Å². The Bertz CT molecular complexity index is 741. The molecule has 0 bridgehead atoms. The maximum absolute atomic E-state index is 12.3. The van der Waals surface area contributed by atoms with E-state index >= 15 is 0 Å². The quantitative estimate of drug-likeness (QED) is 0.709. The average molecular weight is 391 g/mol. The van der Waals surface area contributed by atoms with E-state index in [-0.39, 0.29) is 24.2 Å². The van der Waals surface area contributed by atoms with Gasteiger partial charge in [0.15, 0.2) is 0 Å². The highest BCUT2D eigenvalue weighted by atomic mass is 35.5. The van der Waals surface area contributed by atoms with E-state index in [4.69, 9.17) is 15.2 Å². The van der Waals surface area contributed by atoms with Gasteiger partial charge in [-0.05, 0) is 74.1 Å². The van der Waals surface area contributed by atoms with Crippen LogP contribution in [0.25, 0.3) is 0 Å². The largest absolute Gasteiger partial charge is 0.457 e. The topological polar surface area (TPSA) is 73.6 Å². The predicted molar refractivity (Wildman–Crippen MR) is 110 cm³/mol. The van der Waals surface area contributed by atoms with Gasteiger partial charge in [0, 0.05) is 12.8 Å². The van der Waals surface area contributed by atoms with E-state index in [9.17, 15) is 4.79 Å². The third-order valence-corrected chi connectivity index (χ3v) is 4.78. The van der Waals surface area contributed by atoms with Crippen LogP contribution in [0.3, 0.4) is 0 Å². The van der Waals surface area contributed by atoms with E-state index in [1.807, 2.05) is 48.5 Å². The Morgan fingerprint density at radius 3 is 2.19 bits per heavy atom. The molecule has 0 saturated heterocycles. The van der Waals surface area contributed by atoms with Crippen LogP contribution in [-0.4, -0.2) is 25.2 Å². The van der Waals surface area contributed by atoms with E-state index in [2.05, 4.69) is 5.32 Å². The fraction of sp³-hybridized carbons (Fsp3) is 0.381. The van der Waals surface area contributed by atoms with Crippen LogP contribution in [0.5, 0.6) is 11.5 Å². The number of methoxy groups -OCH3 is 1. The molecule has 0 aromatic heterocycles. The van der Waals surface area contributed by atoms with Gasteiger partial charge in [-0.1, -0.05) is 12.1 Å². The molecule has 1 saturated carbocycles. The van der Waals surface area contributed by atoms with Gasteiger partial charge in [0.1, 0.15) is 11.5 Å². The van der Waals surface area contributed by atoms with Crippen molar-refractivity contribution < 1.29 is 14.3 Å². The Balaban J connectivity index is 0.00000261. The Morgan fingerprint density at radius 1 is 1.11 bits per heavy atom. The first-order valence-electron chi connectivity index (χ1n) is 8.95. The van der Waals surface area contributed by atoms with Crippen molar-refractivity contribution in [2.45, 2.75) is 31.7 Å². The number of nitrogens with one attached hydrogen (secondary N) is 1. The molecule has 1 fully saturated rings. The number of ether oxygens (including phenoxy) is 2. The first-order chi connectivity index (χ1) is 12.5. The minimum atomic E-state index is -0.806. The Labute approximate surface area is 166 Å². The van der Waals surface area contributed by atoms with E-state index in [0.29, 0.717) is 12.4 Å². The molecule has 0 aliphatic heterocycles. The van der Waals surface area contributed by atoms with Gasteiger partial charge in [-0.15, -0.1) is 12.4 Å². The van der Waals surface area contributed by atoms with Gasteiger partial charge in [-0.25, -0.2) is 0 Å². The molecule has 1 amide bonds. The van der Waals surface area contributed by atoms with E-state index in [1.54, 1.807) is 14.0 Å². The molecule has 0 spiro atoms. The summed E-state index contributed by atoms with van der Waals surface area (Å²) < 4.78 is 10.9. The highest BCUT2D eigenvalue weighted by Gasteiger charge is 2.44. The predicted octanol–water partition coefficient (Wildman–Crippen LogP) is 4.16. The molecule has 6 heteroatoms. The molecule has 3 rings (SSSR count). The van der Waals surface area contributed by atoms with Crippen molar-refractivity contribution in [2.75, 3.05) is 19.0 Å². The van der Waals surface area contributed by atoms with Crippen molar-refractivity contribution in [1.82, 2.24) is 0 Å². The third kappa shape index (κ3) is 5.70. The van der Waals surface area contributed by atoms with Gasteiger partial charge >= 0.3 is 0 Å². The molecule has 0 radical (unpaired) electrons. The monoisotopic (exact) mass is 390 g/mol. The second-order valence-electron chi connectivity index (χ2n) is 7.02. The molecule has 27 heavy (non-hydrogen) atoms. The second kappa shape index (κ2) is 9.22. The van der Waals surface area contributed by atoms with Crippen molar-refractivity contribution in [3.8, 4) is 11.5 Å². The zero-order valence-corrected chi connectivity index (χ0v) is 16.6. The minimum Gasteiger partial charge on any atom is -0.457 e. The molecular weight excluding hydrogens is 364 g/mol. The maximum Gasteiger partial charge on any atom is 0.244 e. The molecule has 3 N–H and O–H groups in total. The summed E-state index contributed by atoms with van der Waals surface area (Å²) in [5.41, 5.74) is 7.26. The third-order valence-electron chi connectivity index (χ3n) is 4.78. The normalized spacial score (nSPS) is 15.4. The molecule has 1 aliphatic rings. The lowest BCUT2D eigenvalue weighted by Gasteiger charge is -2.23. The number of carbonyl (C=O) groups is 1. The highest BCUT2D eigenvalue weighted by molar-refractivity contribution is 5.98. The Hall–Kier alpha value is -2.08. The Kier molecular flexibility index (Phi) is 7.25. The zero-order chi connectivity index (χ0) is 18.6. The van der Waals surface area contributed by atoms with Crippen molar-refractivity contribution in [1.29, 1.82) is 0 Å². The summed E-state index contributed by atoms with van der Waals surface area (Å²) in [6.07, 6.45) is 2.93. The van der Waals surface area contributed by atoms with Gasteiger partial charge in [0.25, 0.3) is 0 Å². The number of halogens is 1. The van der Waals surface area contributed by atoms with Gasteiger partial charge in [-0.2, -0.15) is 0 Å². The van der Waals surface area contributed by atoms with Crippen LogP contribution < -0.4 is 15.8 Å². The first-order valence-corrected chi connectivity index (χ1v) is 8.95. The van der Waals surface area contributed by atoms with E-state index in [1.165, 1.54) is 5.56 Å². The summed E-state index contributed by atoms with van der Waals surface area (Å²) in [4.78, 5) is 12.3. The highest BCUT2D eigenvalue weighted by Crippen LogP contribution is 2.38. The zero-order valence-electron chi connectivity index (χ0n) is 15.7.